The molecule has 3 aromatic carbocycles. The highest BCUT2D eigenvalue weighted by molar-refractivity contribution is 5.90. The van der Waals surface area contributed by atoms with Crippen LogP contribution in [-0.4, -0.2) is 20.9 Å². The van der Waals surface area contributed by atoms with Gasteiger partial charge in [-0.2, -0.15) is 0 Å². The van der Waals surface area contributed by atoms with Gasteiger partial charge in [-0.05, 0) is 41.6 Å². The van der Waals surface area contributed by atoms with Gasteiger partial charge in [0.1, 0.15) is 0 Å². The molecule has 0 fully saturated rings. The third kappa shape index (κ3) is 2.78. The average Bonchev–Trinajstić information content (AvgIpc) is 3.27. The molecule has 0 amide bonds. The molecule has 5 rings (SSSR count). The van der Waals surface area contributed by atoms with Crippen molar-refractivity contribution in [2.45, 2.75) is 0 Å². The van der Waals surface area contributed by atoms with Crippen LogP contribution >= 0.6 is 0 Å². The molecule has 1 aliphatic rings. The number of carboxylic acid groups (broad SMARTS) is 1. The number of hydrogen-bond donors (Lipinski definition) is 2. The van der Waals surface area contributed by atoms with E-state index in [9.17, 15) is 14.7 Å². The molecule has 0 bridgehead atoms. The van der Waals surface area contributed by atoms with E-state index in [4.69, 9.17) is 0 Å². The minimum atomic E-state index is -1.19. The number of nitrogens with zero attached hydrogens (tertiary/aromatic N) is 2. The van der Waals surface area contributed by atoms with Crippen molar-refractivity contribution < 1.29 is 9.90 Å². The van der Waals surface area contributed by atoms with E-state index in [1.54, 1.807) is 30.3 Å². The SMILES string of the molecule is O=C(O)c1[nH]n(-c2ccccc2)c(=O)c1C=c1ccc2c(c1)-c1ccccc1N=2. The maximum Gasteiger partial charge on any atom is 0.354 e. The summed E-state index contributed by atoms with van der Waals surface area (Å²) in [5.74, 6) is -1.19. The average molecular weight is 381 g/mol. The number of H-pyrrole nitrogens is 1. The van der Waals surface area contributed by atoms with E-state index in [-0.39, 0.29) is 11.3 Å². The highest BCUT2D eigenvalue weighted by atomic mass is 16.4. The maximum atomic E-state index is 12.9. The largest absolute Gasteiger partial charge is 0.477 e. The molecule has 1 aromatic heterocycles. The Morgan fingerprint density at radius 1 is 0.966 bits per heavy atom. The first-order valence-corrected chi connectivity index (χ1v) is 9.05. The van der Waals surface area contributed by atoms with Crippen LogP contribution in [-0.2, 0) is 0 Å². The molecule has 6 heteroatoms. The topological polar surface area (TPSA) is 87.5 Å². The minimum Gasteiger partial charge on any atom is -0.477 e. The first-order valence-electron chi connectivity index (χ1n) is 9.05. The smallest absolute Gasteiger partial charge is 0.354 e. The molecule has 0 atom stereocenters. The third-order valence-corrected chi connectivity index (χ3v) is 4.92. The normalized spacial score (nSPS) is 12.3. The van der Waals surface area contributed by atoms with Crippen molar-refractivity contribution in [1.82, 2.24) is 9.78 Å². The van der Waals surface area contributed by atoms with Crippen LogP contribution in [0.25, 0.3) is 22.9 Å². The van der Waals surface area contributed by atoms with Crippen LogP contribution in [0.2, 0.25) is 0 Å². The number of benzene rings is 3. The summed E-state index contributed by atoms with van der Waals surface area (Å²) in [5.41, 5.74) is 2.99. The molecule has 29 heavy (non-hydrogen) atoms. The Morgan fingerprint density at radius 3 is 2.52 bits per heavy atom. The van der Waals surface area contributed by atoms with Gasteiger partial charge in [0.05, 0.1) is 22.3 Å². The first-order chi connectivity index (χ1) is 14.1. The fourth-order valence-corrected chi connectivity index (χ4v) is 3.56. The molecule has 4 aromatic rings. The molecule has 0 saturated carbocycles. The summed E-state index contributed by atoms with van der Waals surface area (Å²) in [6, 6.07) is 22.3. The molecule has 2 N–H and O–H groups in total. The lowest BCUT2D eigenvalue weighted by Gasteiger charge is -1.99. The Hall–Kier alpha value is -4.19. The molecule has 0 spiro atoms. The van der Waals surface area contributed by atoms with Crippen molar-refractivity contribution in [1.29, 1.82) is 0 Å². The van der Waals surface area contributed by atoms with E-state index in [2.05, 4.69) is 10.1 Å². The second-order valence-electron chi connectivity index (χ2n) is 6.73. The van der Waals surface area contributed by atoms with Crippen LogP contribution in [0.5, 0.6) is 0 Å². The van der Waals surface area contributed by atoms with Gasteiger partial charge in [-0.15, -0.1) is 0 Å². The van der Waals surface area contributed by atoms with Gasteiger partial charge < -0.3 is 5.11 Å². The number of carbonyl (C=O) groups is 1. The summed E-state index contributed by atoms with van der Waals surface area (Å²) in [5, 5.41) is 13.9. The molecular formula is C23H15N3O3. The Kier molecular flexibility index (Phi) is 3.77. The molecule has 0 aliphatic carbocycles. The number of fused-ring (bicyclic) bond motifs is 3. The second kappa shape index (κ2) is 6.45. The molecule has 0 radical (unpaired) electrons. The summed E-state index contributed by atoms with van der Waals surface area (Å²) in [4.78, 5) is 29.3. The molecule has 0 unspecified atom stereocenters. The van der Waals surface area contributed by atoms with Gasteiger partial charge in [0.15, 0.2) is 5.69 Å². The predicted molar refractivity (Wildman–Crippen MR) is 109 cm³/mol. The quantitative estimate of drug-likeness (QED) is 0.504. The first kappa shape index (κ1) is 16.9. The zero-order valence-electron chi connectivity index (χ0n) is 15.2. The van der Waals surface area contributed by atoms with Crippen molar-refractivity contribution in [2.24, 2.45) is 4.99 Å². The van der Waals surface area contributed by atoms with Crippen molar-refractivity contribution in [2.75, 3.05) is 0 Å². The zero-order chi connectivity index (χ0) is 20.0. The molecule has 2 heterocycles. The van der Waals surface area contributed by atoms with E-state index in [1.807, 2.05) is 48.5 Å². The van der Waals surface area contributed by atoms with Crippen LogP contribution in [0, 0.1) is 0 Å². The van der Waals surface area contributed by atoms with E-state index < -0.39 is 11.5 Å². The Bertz CT molecular complexity index is 1450. The highest BCUT2D eigenvalue weighted by Gasteiger charge is 2.19. The lowest BCUT2D eigenvalue weighted by molar-refractivity contribution is 0.0689. The molecular weight excluding hydrogens is 366 g/mol. The Balaban J connectivity index is 1.70. The van der Waals surface area contributed by atoms with Gasteiger partial charge in [0, 0.05) is 11.1 Å². The van der Waals surface area contributed by atoms with E-state index >= 15 is 0 Å². The van der Waals surface area contributed by atoms with Crippen LogP contribution in [0.15, 0.2) is 82.6 Å². The van der Waals surface area contributed by atoms with Crippen LogP contribution < -0.4 is 16.1 Å². The van der Waals surface area contributed by atoms with E-state index in [0.29, 0.717) is 5.69 Å². The van der Waals surface area contributed by atoms with Gasteiger partial charge in [-0.1, -0.05) is 42.5 Å². The number of aromatic nitrogens is 2. The molecule has 0 saturated heterocycles. The Morgan fingerprint density at radius 2 is 1.72 bits per heavy atom. The number of nitrogens with one attached hydrogen (secondary N) is 1. The summed E-state index contributed by atoms with van der Waals surface area (Å²) in [6.07, 6.45) is 1.60. The van der Waals surface area contributed by atoms with Gasteiger partial charge in [-0.25, -0.2) is 14.5 Å². The summed E-state index contributed by atoms with van der Waals surface area (Å²) >= 11 is 0. The van der Waals surface area contributed by atoms with Gasteiger partial charge in [0.25, 0.3) is 5.56 Å². The monoisotopic (exact) mass is 381 g/mol. The van der Waals surface area contributed by atoms with Crippen LogP contribution in [0.3, 0.4) is 0 Å². The minimum absolute atomic E-state index is 0.101. The number of hydrogen-bond acceptors (Lipinski definition) is 3. The predicted octanol–water partition coefficient (Wildman–Crippen LogP) is 2.62. The molecule has 6 nitrogen and oxygen atoms in total. The van der Waals surface area contributed by atoms with Crippen LogP contribution in [0.4, 0.5) is 5.69 Å². The maximum absolute atomic E-state index is 12.9. The standard InChI is InChI=1S/C23H15N3O3/c27-22-18(21(23(28)29)25-26(22)15-6-2-1-3-7-15)13-14-10-11-20-17(12-14)16-8-4-5-9-19(16)24-20/h1-13,25H,(H,28,29). The Labute approximate surface area is 164 Å². The highest BCUT2D eigenvalue weighted by Crippen LogP contribution is 2.30. The summed E-state index contributed by atoms with van der Waals surface area (Å²) < 4.78 is 1.24. The molecule has 1 aliphatic heterocycles. The van der Waals surface area contributed by atoms with Gasteiger partial charge in [0.2, 0.25) is 0 Å². The van der Waals surface area contributed by atoms with Crippen molar-refractivity contribution in [3.05, 3.63) is 105 Å². The van der Waals surface area contributed by atoms with Gasteiger partial charge in [-0.3, -0.25) is 9.89 Å². The number of rotatable bonds is 3. The fourth-order valence-electron chi connectivity index (χ4n) is 3.56. The lowest BCUT2D eigenvalue weighted by atomic mass is 10.0. The number of carboxylic acids is 1. The fraction of sp³-hybridized carbons (Fsp3) is 0. The van der Waals surface area contributed by atoms with Crippen molar-refractivity contribution >= 4 is 17.7 Å². The van der Waals surface area contributed by atoms with Crippen LogP contribution in [0.1, 0.15) is 16.1 Å². The lowest BCUT2D eigenvalue weighted by Crippen LogP contribution is -2.17. The number of aromatic amines is 1. The summed E-state index contributed by atoms with van der Waals surface area (Å²) in [6.45, 7) is 0. The molecule has 140 valence electrons. The second-order valence-corrected chi connectivity index (χ2v) is 6.73. The number of aromatic carboxylic acids is 1. The number of para-hydroxylation sites is 2. The third-order valence-electron chi connectivity index (χ3n) is 4.92. The zero-order valence-corrected chi connectivity index (χ0v) is 15.2. The van der Waals surface area contributed by atoms with Gasteiger partial charge >= 0.3 is 5.97 Å². The van der Waals surface area contributed by atoms with Crippen molar-refractivity contribution in [3.8, 4) is 16.8 Å². The van der Waals surface area contributed by atoms with E-state index in [1.165, 1.54) is 4.68 Å². The summed E-state index contributed by atoms with van der Waals surface area (Å²) in [7, 11) is 0. The van der Waals surface area contributed by atoms with E-state index in [0.717, 1.165) is 27.4 Å². The van der Waals surface area contributed by atoms with Crippen molar-refractivity contribution in [3.63, 3.8) is 0 Å².